The van der Waals surface area contributed by atoms with E-state index >= 15 is 0 Å². The normalized spacial score (nSPS) is 12.4. The van der Waals surface area contributed by atoms with Crippen LogP contribution in [0.1, 0.15) is 20.8 Å². The summed E-state index contributed by atoms with van der Waals surface area (Å²) in [6, 6.07) is 0. The minimum Gasteiger partial charge on any atom is -0.498 e. The summed E-state index contributed by atoms with van der Waals surface area (Å²) < 4.78 is 10.1. The Hall–Kier alpha value is -0.660. The minimum absolute atomic E-state index is 0.701. The van der Waals surface area contributed by atoms with Gasteiger partial charge in [-0.3, -0.25) is 0 Å². The molecule has 0 spiro atoms. The van der Waals surface area contributed by atoms with Crippen LogP contribution >= 0.6 is 0 Å². The van der Waals surface area contributed by atoms with Gasteiger partial charge >= 0.3 is 0 Å². The molecule has 0 aliphatic rings. The van der Waals surface area contributed by atoms with Crippen LogP contribution in [0.2, 0.25) is 0 Å². The Balaban J connectivity index is 3.78. The number of rotatable bonds is 3. The van der Waals surface area contributed by atoms with Crippen molar-refractivity contribution in [2.24, 2.45) is 0 Å². The standard InChI is InChI=1S/C7H14O2/c1-5-9-7(3)6(2)8-4/h5H2,1-4H3. The van der Waals surface area contributed by atoms with Crippen LogP contribution in [0.4, 0.5) is 0 Å². The zero-order chi connectivity index (χ0) is 7.28. The molecule has 0 heterocycles. The number of methoxy groups -OCH3 is 1. The third-order valence-corrected chi connectivity index (χ3v) is 1.16. The molecule has 0 rings (SSSR count). The largest absolute Gasteiger partial charge is 0.498 e. The van der Waals surface area contributed by atoms with E-state index in [1.807, 2.05) is 20.8 Å². The van der Waals surface area contributed by atoms with E-state index in [9.17, 15) is 0 Å². The van der Waals surface area contributed by atoms with Crippen LogP contribution in [-0.2, 0) is 9.47 Å². The van der Waals surface area contributed by atoms with Crippen molar-refractivity contribution in [1.82, 2.24) is 0 Å². The van der Waals surface area contributed by atoms with Gasteiger partial charge in [-0.05, 0) is 20.8 Å². The van der Waals surface area contributed by atoms with Gasteiger partial charge < -0.3 is 9.47 Å². The Morgan fingerprint density at radius 3 is 2.11 bits per heavy atom. The van der Waals surface area contributed by atoms with Crippen molar-refractivity contribution in [2.45, 2.75) is 20.8 Å². The molecule has 0 amide bonds. The number of ether oxygens (including phenoxy) is 2. The highest BCUT2D eigenvalue weighted by atomic mass is 16.5. The molecule has 0 bridgehead atoms. The van der Waals surface area contributed by atoms with E-state index in [4.69, 9.17) is 9.47 Å². The minimum atomic E-state index is 0.701. The lowest BCUT2D eigenvalue weighted by Gasteiger charge is -2.05. The lowest BCUT2D eigenvalue weighted by molar-refractivity contribution is 0.190. The van der Waals surface area contributed by atoms with Gasteiger partial charge in [-0.25, -0.2) is 0 Å². The SMILES string of the molecule is CCOC(C)=C(C)OC. The van der Waals surface area contributed by atoms with E-state index in [-0.39, 0.29) is 0 Å². The Morgan fingerprint density at radius 1 is 1.22 bits per heavy atom. The van der Waals surface area contributed by atoms with Crippen molar-refractivity contribution in [1.29, 1.82) is 0 Å². The van der Waals surface area contributed by atoms with Gasteiger partial charge in [0.2, 0.25) is 0 Å². The van der Waals surface area contributed by atoms with Crippen LogP contribution in [0.3, 0.4) is 0 Å². The second kappa shape index (κ2) is 4.24. The number of hydrogen-bond donors (Lipinski definition) is 0. The van der Waals surface area contributed by atoms with Crippen molar-refractivity contribution < 1.29 is 9.47 Å². The van der Waals surface area contributed by atoms with Gasteiger partial charge in [-0.1, -0.05) is 0 Å². The van der Waals surface area contributed by atoms with Gasteiger partial charge in [0.05, 0.1) is 13.7 Å². The first-order valence-corrected chi connectivity index (χ1v) is 3.06. The van der Waals surface area contributed by atoms with E-state index in [0.717, 1.165) is 11.5 Å². The molecule has 0 radical (unpaired) electrons. The molecule has 54 valence electrons. The molecule has 0 aromatic carbocycles. The molecule has 0 saturated heterocycles. The highest BCUT2D eigenvalue weighted by molar-refractivity contribution is 4.93. The number of hydrogen-bond acceptors (Lipinski definition) is 2. The third kappa shape index (κ3) is 3.01. The topological polar surface area (TPSA) is 18.5 Å². The van der Waals surface area contributed by atoms with E-state index in [0.29, 0.717) is 6.61 Å². The summed E-state index contributed by atoms with van der Waals surface area (Å²) in [5.74, 6) is 1.71. The molecule has 2 heteroatoms. The lowest BCUT2D eigenvalue weighted by atomic mass is 10.5. The van der Waals surface area contributed by atoms with Gasteiger partial charge in [-0.2, -0.15) is 0 Å². The van der Waals surface area contributed by atoms with E-state index in [1.165, 1.54) is 0 Å². The van der Waals surface area contributed by atoms with Gasteiger partial charge in [0.25, 0.3) is 0 Å². The first-order valence-electron chi connectivity index (χ1n) is 3.06. The van der Waals surface area contributed by atoms with Crippen molar-refractivity contribution >= 4 is 0 Å². The highest BCUT2D eigenvalue weighted by Crippen LogP contribution is 2.03. The second-order valence-electron chi connectivity index (χ2n) is 1.75. The zero-order valence-corrected chi connectivity index (χ0v) is 6.52. The summed E-state index contributed by atoms with van der Waals surface area (Å²) in [7, 11) is 1.64. The van der Waals surface area contributed by atoms with Crippen LogP contribution in [0.25, 0.3) is 0 Å². The molecule has 2 nitrogen and oxygen atoms in total. The van der Waals surface area contributed by atoms with Crippen molar-refractivity contribution in [3.63, 3.8) is 0 Å². The lowest BCUT2D eigenvalue weighted by Crippen LogP contribution is -1.92. The average Bonchev–Trinajstić information content (AvgIpc) is 1.87. The predicted molar refractivity (Wildman–Crippen MR) is 37.0 cm³/mol. The van der Waals surface area contributed by atoms with E-state index in [1.54, 1.807) is 7.11 Å². The van der Waals surface area contributed by atoms with Gasteiger partial charge in [0.1, 0.15) is 11.5 Å². The Kier molecular flexibility index (Phi) is 3.93. The van der Waals surface area contributed by atoms with E-state index in [2.05, 4.69) is 0 Å². The van der Waals surface area contributed by atoms with Gasteiger partial charge in [0, 0.05) is 0 Å². The van der Waals surface area contributed by atoms with Crippen LogP contribution in [0, 0.1) is 0 Å². The maximum atomic E-state index is 5.15. The Morgan fingerprint density at radius 2 is 1.78 bits per heavy atom. The predicted octanol–water partition coefficient (Wildman–Crippen LogP) is 1.92. The molecule has 9 heavy (non-hydrogen) atoms. The van der Waals surface area contributed by atoms with Crippen LogP contribution in [-0.4, -0.2) is 13.7 Å². The molecule has 0 saturated carbocycles. The monoisotopic (exact) mass is 130 g/mol. The first kappa shape index (κ1) is 8.34. The highest BCUT2D eigenvalue weighted by Gasteiger charge is 1.93. The summed E-state index contributed by atoms with van der Waals surface area (Å²) in [5, 5.41) is 0. The summed E-state index contributed by atoms with van der Waals surface area (Å²) >= 11 is 0. The maximum absolute atomic E-state index is 5.15. The molecule has 0 aliphatic heterocycles. The fourth-order valence-corrected chi connectivity index (χ4v) is 0.462. The molecule has 0 aromatic heterocycles. The molecule has 0 fully saturated rings. The molecular weight excluding hydrogens is 116 g/mol. The summed E-state index contributed by atoms with van der Waals surface area (Å²) in [6.45, 7) is 6.42. The smallest absolute Gasteiger partial charge is 0.130 e. The van der Waals surface area contributed by atoms with Crippen molar-refractivity contribution in [2.75, 3.05) is 13.7 Å². The summed E-state index contributed by atoms with van der Waals surface area (Å²) in [4.78, 5) is 0. The van der Waals surface area contributed by atoms with Crippen molar-refractivity contribution in [3.8, 4) is 0 Å². The molecule has 0 N–H and O–H groups in total. The van der Waals surface area contributed by atoms with Gasteiger partial charge in [-0.15, -0.1) is 0 Å². The van der Waals surface area contributed by atoms with Crippen LogP contribution < -0.4 is 0 Å². The third-order valence-electron chi connectivity index (χ3n) is 1.16. The second-order valence-corrected chi connectivity index (χ2v) is 1.75. The van der Waals surface area contributed by atoms with Crippen LogP contribution in [0.15, 0.2) is 11.5 Å². The van der Waals surface area contributed by atoms with Gasteiger partial charge in [0.15, 0.2) is 0 Å². The Labute approximate surface area is 56.5 Å². The average molecular weight is 130 g/mol. The molecule has 0 atom stereocenters. The fourth-order valence-electron chi connectivity index (χ4n) is 0.462. The summed E-state index contributed by atoms with van der Waals surface area (Å²) in [6.07, 6.45) is 0. The quantitative estimate of drug-likeness (QED) is 0.543. The fraction of sp³-hybridized carbons (Fsp3) is 0.714. The first-order chi connectivity index (χ1) is 4.22. The maximum Gasteiger partial charge on any atom is 0.130 e. The summed E-state index contributed by atoms with van der Waals surface area (Å²) in [5.41, 5.74) is 0. The van der Waals surface area contributed by atoms with Crippen LogP contribution in [0.5, 0.6) is 0 Å². The number of allylic oxidation sites excluding steroid dienone is 2. The van der Waals surface area contributed by atoms with Crippen molar-refractivity contribution in [3.05, 3.63) is 11.5 Å². The molecule has 0 unspecified atom stereocenters. The molecule has 0 aliphatic carbocycles. The molecular formula is C7H14O2. The van der Waals surface area contributed by atoms with E-state index < -0.39 is 0 Å². The molecule has 0 aromatic rings. The zero-order valence-electron chi connectivity index (χ0n) is 6.52. The Bertz CT molecular complexity index is 105.